The summed E-state index contributed by atoms with van der Waals surface area (Å²) >= 11 is 12.1. The maximum Gasteiger partial charge on any atom is 0.161 e. The normalized spacial score (nSPS) is 14.8. The molecule has 0 bridgehead atoms. The second-order valence-corrected chi connectivity index (χ2v) is 6.94. The van der Waals surface area contributed by atoms with E-state index in [0.717, 1.165) is 42.9 Å². The molecule has 0 saturated heterocycles. The molecule has 0 N–H and O–H groups in total. The number of ether oxygens (including phenoxy) is 2. The van der Waals surface area contributed by atoms with Gasteiger partial charge in [-0.15, -0.1) is 0 Å². The Bertz CT molecular complexity index is 700. The van der Waals surface area contributed by atoms with Crippen LogP contribution in [0.1, 0.15) is 36.9 Å². The molecule has 0 unspecified atom stereocenters. The Labute approximate surface area is 152 Å². The van der Waals surface area contributed by atoms with E-state index in [9.17, 15) is 0 Å². The molecule has 24 heavy (non-hydrogen) atoms. The molecule has 1 heterocycles. The summed E-state index contributed by atoms with van der Waals surface area (Å²) in [6.45, 7) is 0. The summed E-state index contributed by atoms with van der Waals surface area (Å²) in [6, 6.07) is 7.83. The number of halogens is 2. The third-order valence-electron chi connectivity index (χ3n) is 4.36. The van der Waals surface area contributed by atoms with Crippen LogP contribution in [0.5, 0.6) is 11.5 Å². The SMILES string of the molecule is COc1ccc(CCc2ncc(Cl)cc2Cl)cc1OC1CCCC1. The predicted molar refractivity (Wildman–Crippen MR) is 97.5 cm³/mol. The van der Waals surface area contributed by atoms with Crippen LogP contribution in [-0.4, -0.2) is 18.2 Å². The van der Waals surface area contributed by atoms with Gasteiger partial charge in [0.2, 0.25) is 0 Å². The fraction of sp³-hybridized carbons (Fsp3) is 0.421. The van der Waals surface area contributed by atoms with Gasteiger partial charge in [-0.3, -0.25) is 4.98 Å². The zero-order valence-electron chi connectivity index (χ0n) is 13.7. The van der Waals surface area contributed by atoms with E-state index in [4.69, 9.17) is 32.7 Å². The molecule has 1 fully saturated rings. The Balaban J connectivity index is 1.70. The van der Waals surface area contributed by atoms with Gasteiger partial charge in [-0.25, -0.2) is 0 Å². The smallest absolute Gasteiger partial charge is 0.161 e. The number of aryl methyl sites for hydroxylation is 2. The zero-order chi connectivity index (χ0) is 16.9. The number of methoxy groups -OCH3 is 1. The van der Waals surface area contributed by atoms with Crippen molar-refractivity contribution < 1.29 is 9.47 Å². The monoisotopic (exact) mass is 365 g/mol. The number of hydrogen-bond donors (Lipinski definition) is 0. The number of rotatable bonds is 6. The molecule has 0 spiro atoms. The van der Waals surface area contributed by atoms with Gasteiger partial charge in [0.1, 0.15) is 0 Å². The summed E-state index contributed by atoms with van der Waals surface area (Å²) in [4.78, 5) is 4.31. The van der Waals surface area contributed by atoms with Gasteiger partial charge in [0.05, 0.1) is 29.0 Å². The van der Waals surface area contributed by atoms with Crippen molar-refractivity contribution in [1.82, 2.24) is 4.98 Å². The van der Waals surface area contributed by atoms with E-state index in [1.807, 2.05) is 6.07 Å². The van der Waals surface area contributed by atoms with Crippen LogP contribution in [0.25, 0.3) is 0 Å². The molecule has 1 aliphatic carbocycles. The number of nitrogens with zero attached hydrogens (tertiary/aromatic N) is 1. The van der Waals surface area contributed by atoms with Crippen LogP contribution in [0.3, 0.4) is 0 Å². The standard InChI is InChI=1S/C19H21Cl2NO2/c1-23-18-9-7-13(10-19(18)24-15-4-2-3-5-15)6-8-17-16(21)11-14(20)12-22-17/h7,9-12,15H,2-6,8H2,1H3. The molecule has 0 atom stereocenters. The van der Waals surface area contributed by atoms with Gasteiger partial charge in [-0.2, -0.15) is 0 Å². The predicted octanol–water partition coefficient (Wildman–Crippen LogP) is 5.50. The van der Waals surface area contributed by atoms with Gasteiger partial charge in [-0.05, 0) is 62.3 Å². The molecule has 5 heteroatoms. The van der Waals surface area contributed by atoms with Crippen LogP contribution in [0, 0.1) is 0 Å². The summed E-state index contributed by atoms with van der Waals surface area (Å²) in [5, 5.41) is 1.17. The van der Waals surface area contributed by atoms with Crippen molar-refractivity contribution in [3.05, 3.63) is 51.8 Å². The Kier molecular flexibility index (Phi) is 5.85. The minimum Gasteiger partial charge on any atom is -0.493 e. The summed E-state index contributed by atoms with van der Waals surface area (Å²) in [6.07, 6.45) is 8.26. The fourth-order valence-electron chi connectivity index (χ4n) is 3.04. The highest BCUT2D eigenvalue weighted by atomic mass is 35.5. The number of hydrogen-bond acceptors (Lipinski definition) is 3. The van der Waals surface area contributed by atoms with Crippen molar-refractivity contribution in [3.63, 3.8) is 0 Å². The fourth-order valence-corrected chi connectivity index (χ4v) is 3.52. The Morgan fingerprint density at radius 2 is 1.88 bits per heavy atom. The van der Waals surface area contributed by atoms with E-state index in [1.54, 1.807) is 19.4 Å². The number of pyridine rings is 1. The van der Waals surface area contributed by atoms with Crippen molar-refractivity contribution in [2.45, 2.75) is 44.6 Å². The van der Waals surface area contributed by atoms with Crippen molar-refractivity contribution >= 4 is 23.2 Å². The highest BCUT2D eigenvalue weighted by Gasteiger charge is 2.18. The molecule has 128 valence electrons. The van der Waals surface area contributed by atoms with E-state index in [-0.39, 0.29) is 0 Å². The van der Waals surface area contributed by atoms with E-state index in [0.29, 0.717) is 16.1 Å². The van der Waals surface area contributed by atoms with Gasteiger partial charge < -0.3 is 9.47 Å². The molecular weight excluding hydrogens is 345 g/mol. The Hall–Kier alpha value is -1.45. The van der Waals surface area contributed by atoms with Gasteiger partial charge >= 0.3 is 0 Å². The van der Waals surface area contributed by atoms with Crippen LogP contribution >= 0.6 is 23.2 Å². The lowest BCUT2D eigenvalue weighted by molar-refractivity contribution is 0.200. The second kappa shape index (κ2) is 8.09. The minimum absolute atomic E-state index is 0.307. The maximum atomic E-state index is 6.20. The van der Waals surface area contributed by atoms with Gasteiger partial charge in [0, 0.05) is 6.20 Å². The van der Waals surface area contributed by atoms with E-state index in [2.05, 4.69) is 17.1 Å². The highest BCUT2D eigenvalue weighted by Crippen LogP contribution is 2.33. The molecule has 1 saturated carbocycles. The second-order valence-electron chi connectivity index (χ2n) is 6.09. The van der Waals surface area contributed by atoms with Crippen molar-refractivity contribution in [1.29, 1.82) is 0 Å². The third kappa shape index (κ3) is 4.34. The molecule has 3 nitrogen and oxygen atoms in total. The molecule has 1 aliphatic rings. The van der Waals surface area contributed by atoms with E-state index in [1.165, 1.54) is 18.4 Å². The van der Waals surface area contributed by atoms with Crippen LogP contribution in [0.15, 0.2) is 30.5 Å². The van der Waals surface area contributed by atoms with Crippen molar-refractivity contribution in [2.24, 2.45) is 0 Å². The molecule has 0 amide bonds. The first-order chi connectivity index (χ1) is 11.7. The van der Waals surface area contributed by atoms with Gasteiger partial charge in [0.15, 0.2) is 11.5 Å². The minimum atomic E-state index is 0.307. The average Bonchev–Trinajstić information content (AvgIpc) is 3.07. The lowest BCUT2D eigenvalue weighted by atomic mass is 10.1. The van der Waals surface area contributed by atoms with E-state index >= 15 is 0 Å². The maximum absolute atomic E-state index is 6.20. The number of aromatic nitrogens is 1. The third-order valence-corrected chi connectivity index (χ3v) is 4.89. The quantitative estimate of drug-likeness (QED) is 0.676. The van der Waals surface area contributed by atoms with Gasteiger partial charge in [0.25, 0.3) is 0 Å². The molecule has 2 aromatic rings. The van der Waals surface area contributed by atoms with Crippen molar-refractivity contribution in [3.8, 4) is 11.5 Å². The molecule has 0 radical (unpaired) electrons. The Morgan fingerprint density at radius 3 is 2.58 bits per heavy atom. The summed E-state index contributed by atoms with van der Waals surface area (Å²) in [7, 11) is 1.67. The summed E-state index contributed by atoms with van der Waals surface area (Å²) < 4.78 is 11.6. The first-order valence-electron chi connectivity index (χ1n) is 8.29. The average molecular weight is 366 g/mol. The first-order valence-corrected chi connectivity index (χ1v) is 9.05. The first kappa shape index (κ1) is 17.4. The molecule has 3 rings (SSSR count). The molecule has 1 aromatic carbocycles. The lowest BCUT2D eigenvalue weighted by Crippen LogP contribution is -2.11. The number of benzene rings is 1. The topological polar surface area (TPSA) is 31.4 Å². The largest absolute Gasteiger partial charge is 0.493 e. The molecular formula is C19H21Cl2NO2. The zero-order valence-corrected chi connectivity index (χ0v) is 15.2. The van der Waals surface area contributed by atoms with E-state index < -0.39 is 0 Å². The van der Waals surface area contributed by atoms with Crippen molar-refractivity contribution in [2.75, 3.05) is 7.11 Å². The van der Waals surface area contributed by atoms with Crippen LogP contribution < -0.4 is 9.47 Å². The molecule has 0 aliphatic heterocycles. The Morgan fingerprint density at radius 1 is 1.08 bits per heavy atom. The summed E-state index contributed by atoms with van der Waals surface area (Å²) in [5.41, 5.74) is 2.03. The molecule has 1 aromatic heterocycles. The lowest BCUT2D eigenvalue weighted by Gasteiger charge is -2.17. The van der Waals surface area contributed by atoms with Gasteiger partial charge in [-0.1, -0.05) is 29.3 Å². The van der Waals surface area contributed by atoms with Crippen LogP contribution in [0.2, 0.25) is 10.0 Å². The summed E-state index contributed by atoms with van der Waals surface area (Å²) in [5.74, 6) is 1.62. The highest BCUT2D eigenvalue weighted by molar-refractivity contribution is 6.34. The van der Waals surface area contributed by atoms with Crippen LogP contribution in [0.4, 0.5) is 0 Å². The van der Waals surface area contributed by atoms with Crippen LogP contribution in [-0.2, 0) is 12.8 Å².